The predicted octanol–water partition coefficient (Wildman–Crippen LogP) is 0.798. The number of carbonyl (C=O) groups excluding carboxylic acids is 2. The number of nitrogens with zero attached hydrogens (tertiary/aromatic N) is 1. The molecule has 2 spiro atoms. The number of methoxy groups -OCH3 is 2. The molecule has 7 nitrogen and oxygen atoms in total. The van der Waals surface area contributed by atoms with Gasteiger partial charge in [-0.15, -0.1) is 0 Å². The van der Waals surface area contributed by atoms with E-state index >= 15 is 0 Å². The minimum Gasteiger partial charge on any atom is -0.493 e. The number of piperidine rings is 1. The molecule has 3 fully saturated rings. The molecular weight excluding hydrogens is 384 g/mol. The SMILES string of the molecule is COc1ccc2c3c1OC1C4(OC)C=CC5(C6C(=O)NC(=O)C64)C(C2)N(C)CCC315. The van der Waals surface area contributed by atoms with Gasteiger partial charge in [0.25, 0.3) is 0 Å². The van der Waals surface area contributed by atoms with Gasteiger partial charge in [-0.3, -0.25) is 14.9 Å². The third-order valence-electron chi connectivity index (χ3n) is 9.21. The van der Waals surface area contributed by atoms with Crippen molar-refractivity contribution >= 4 is 11.8 Å². The van der Waals surface area contributed by atoms with Crippen molar-refractivity contribution in [1.82, 2.24) is 10.2 Å². The maximum Gasteiger partial charge on any atom is 0.233 e. The first kappa shape index (κ1) is 17.3. The Morgan fingerprint density at radius 1 is 1.17 bits per heavy atom. The van der Waals surface area contributed by atoms with Crippen molar-refractivity contribution in [1.29, 1.82) is 0 Å². The van der Waals surface area contributed by atoms with Gasteiger partial charge >= 0.3 is 0 Å². The molecule has 1 N–H and O–H groups in total. The average Bonchev–Trinajstić information content (AvgIpc) is 3.27. The summed E-state index contributed by atoms with van der Waals surface area (Å²) in [6, 6.07) is 4.23. The zero-order valence-corrected chi connectivity index (χ0v) is 17.2. The molecule has 30 heavy (non-hydrogen) atoms. The minimum atomic E-state index is -0.984. The van der Waals surface area contributed by atoms with E-state index in [1.165, 1.54) is 11.1 Å². The van der Waals surface area contributed by atoms with Crippen LogP contribution < -0.4 is 14.8 Å². The highest BCUT2D eigenvalue weighted by Crippen LogP contribution is 2.76. The molecule has 8 rings (SSSR count). The Morgan fingerprint density at radius 2 is 1.97 bits per heavy atom. The highest BCUT2D eigenvalue weighted by atomic mass is 16.6. The van der Waals surface area contributed by atoms with E-state index in [4.69, 9.17) is 14.2 Å². The lowest BCUT2D eigenvalue weighted by atomic mass is 9.34. The summed E-state index contributed by atoms with van der Waals surface area (Å²) in [5.41, 5.74) is 0.504. The van der Waals surface area contributed by atoms with Gasteiger partial charge in [0.05, 0.1) is 24.4 Å². The number of carbonyl (C=O) groups is 2. The minimum absolute atomic E-state index is 0.111. The largest absolute Gasteiger partial charge is 0.493 e. The smallest absolute Gasteiger partial charge is 0.233 e. The second kappa shape index (κ2) is 4.92. The number of hydrogen-bond donors (Lipinski definition) is 1. The molecule has 156 valence electrons. The number of rotatable bonds is 2. The molecule has 2 amide bonds. The number of likely N-dealkylation sites (N-methyl/N-ethyl adjacent to an activating group) is 1. The molecule has 3 heterocycles. The lowest BCUT2D eigenvalue weighted by molar-refractivity contribution is -0.229. The molecule has 7 unspecified atom stereocenters. The van der Waals surface area contributed by atoms with E-state index in [0.29, 0.717) is 5.75 Å². The van der Waals surface area contributed by atoms with Crippen molar-refractivity contribution in [2.75, 3.05) is 27.8 Å². The fraction of sp³-hybridized carbons (Fsp3) is 0.565. The Hall–Kier alpha value is -2.38. The van der Waals surface area contributed by atoms with E-state index in [9.17, 15) is 9.59 Å². The molecule has 0 aromatic heterocycles. The molecule has 3 aliphatic heterocycles. The Bertz CT molecular complexity index is 1080. The van der Waals surface area contributed by atoms with Gasteiger partial charge in [-0.05, 0) is 38.1 Å². The second-order valence-electron chi connectivity index (χ2n) is 9.68. The van der Waals surface area contributed by atoms with Crippen LogP contribution in [0.3, 0.4) is 0 Å². The molecule has 1 aromatic rings. The Kier molecular flexibility index (Phi) is 2.84. The van der Waals surface area contributed by atoms with Crippen LogP contribution in [0.5, 0.6) is 11.5 Å². The molecule has 1 aromatic carbocycles. The zero-order valence-electron chi connectivity index (χ0n) is 17.2. The van der Waals surface area contributed by atoms with E-state index in [2.05, 4.69) is 29.4 Å². The second-order valence-corrected chi connectivity index (χ2v) is 9.68. The monoisotopic (exact) mass is 408 g/mol. The molecule has 4 bridgehead atoms. The van der Waals surface area contributed by atoms with E-state index in [1.54, 1.807) is 14.2 Å². The molecule has 0 radical (unpaired) electrons. The molecule has 7 atom stereocenters. The summed E-state index contributed by atoms with van der Waals surface area (Å²) in [5, 5.41) is 2.64. The molecule has 1 saturated carbocycles. The quantitative estimate of drug-likeness (QED) is 0.576. The number of nitrogens with one attached hydrogen (secondary N) is 1. The summed E-state index contributed by atoms with van der Waals surface area (Å²) in [7, 11) is 5.42. The van der Waals surface area contributed by atoms with Crippen LogP contribution in [0.4, 0.5) is 0 Å². The maximum absolute atomic E-state index is 13.3. The van der Waals surface area contributed by atoms with Gasteiger partial charge in [-0.25, -0.2) is 0 Å². The number of benzene rings is 1. The van der Waals surface area contributed by atoms with Crippen LogP contribution in [0.1, 0.15) is 17.5 Å². The standard InChI is InChI=1S/C23H24N2O5/c1-25-9-8-22-14-11-4-5-12(28-2)17(14)30-20(22)23(29-3)7-6-21(22,13(25)10-11)15-16(23)19(27)24-18(15)26/h4-7,13,15-16,20H,8-10H2,1-3H3,(H,24,26,27). The first-order valence-electron chi connectivity index (χ1n) is 10.6. The summed E-state index contributed by atoms with van der Waals surface area (Å²) < 4.78 is 18.6. The number of ether oxygens (including phenoxy) is 3. The van der Waals surface area contributed by atoms with Gasteiger partial charge in [0.15, 0.2) is 11.5 Å². The van der Waals surface area contributed by atoms with Crippen LogP contribution in [0.2, 0.25) is 0 Å². The van der Waals surface area contributed by atoms with Gasteiger partial charge in [0.2, 0.25) is 11.8 Å². The van der Waals surface area contributed by atoms with Crippen LogP contribution in [0, 0.1) is 17.3 Å². The highest BCUT2D eigenvalue weighted by molar-refractivity contribution is 6.07. The fourth-order valence-corrected chi connectivity index (χ4v) is 8.30. The molecule has 2 saturated heterocycles. The van der Waals surface area contributed by atoms with Gasteiger partial charge in [-0.1, -0.05) is 18.2 Å². The van der Waals surface area contributed by atoms with Gasteiger partial charge in [0, 0.05) is 24.1 Å². The maximum atomic E-state index is 13.3. The summed E-state index contributed by atoms with van der Waals surface area (Å²) in [5.74, 6) is 0.000904. The molecule has 7 heteroatoms. The van der Waals surface area contributed by atoms with Gasteiger partial charge in [-0.2, -0.15) is 0 Å². The van der Waals surface area contributed by atoms with Crippen LogP contribution in [-0.4, -0.2) is 62.3 Å². The van der Waals surface area contributed by atoms with Crippen molar-refractivity contribution in [3.05, 3.63) is 35.4 Å². The Morgan fingerprint density at radius 3 is 2.73 bits per heavy atom. The lowest BCUT2D eigenvalue weighted by Gasteiger charge is -2.71. The first-order valence-corrected chi connectivity index (χ1v) is 10.6. The van der Waals surface area contributed by atoms with Gasteiger partial charge < -0.3 is 19.1 Å². The number of amides is 2. The highest BCUT2D eigenvalue weighted by Gasteiger charge is 2.85. The summed E-state index contributed by atoms with van der Waals surface area (Å²) >= 11 is 0. The van der Waals surface area contributed by atoms with E-state index in [0.717, 1.165) is 25.1 Å². The van der Waals surface area contributed by atoms with Crippen LogP contribution in [-0.2, 0) is 26.2 Å². The molecular formula is C23H24N2O5. The summed E-state index contributed by atoms with van der Waals surface area (Å²) in [6.45, 7) is 0.906. The Balaban J connectivity index is 1.64. The number of imide groups is 1. The third-order valence-corrected chi connectivity index (χ3v) is 9.21. The topological polar surface area (TPSA) is 77.1 Å². The first-order chi connectivity index (χ1) is 14.5. The van der Waals surface area contributed by atoms with E-state index < -0.39 is 28.3 Å². The van der Waals surface area contributed by atoms with E-state index in [-0.39, 0.29) is 24.0 Å². The van der Waals surface area contributed by atoms with Crippen LogP contribution in [0.25, 0.3) is 0 Å². The third kappa shape index (κ3) is 1.39. The number of likely N-dealkylation sites (tertiary alicyclic amines) is 1. The summed E-state index contributed by atoms with van der Waals surface area (Å²) in [4.78, 5) is 28.8. The fourth-order valence-electron chi connectivity index (χ4n) is 8.30. The van der Waals surface area contributed by atoms with Crippen molar-refractivity contribution in [3.63, 3.8) is 0 Å². The molecule has 4 aliphatic carbocycles. The van der Waals surface area contributed by atoms with Crippen LogP contribution >= 0.6 is 0 Å². The van der Waals surface area contributed by atoms with E-state index in [1.807, 2.05) is 12.1 Å². The molecule has 7 aliphatic rings. The van der Waals surface area contributed by atoms with Gasteiger partial charge in [0.1, 0.15) is 11.7 Å². The van der Waals surface area contributed by atoms with Crippen molar-refractivity contribution in [2.45, 2.75) is 36.0 Å². The Labute approximate surface area is 174 Å². The van der Waals surface area contributed by atoms with Crippen molar-refractivity contribution < 1.29 is 23.8 Å². The number of hydrogen-bond acceptors (Lipinski definition) is 6. The summed E-state index contributed by atoms with van der Waals surface area (Å²) in [6.07, 6.45) is 5.53. The predicted molar refractivity (Wildman–Crippen MR) is 105 cm³/mol. The van der Waals surface area contributed by atoms with Crippen LogP contribution in [0.15, 0.2) is 24.3 Å². The average molecular weight is 408 g/mol. The lowest BCUT2D eigenvalue weighted by Crippen LogP contribution is -2.82. The van der Waals surface area contributed by atoms with Crippen molar-refractivity contribution in [2.24, 2.45) is 17.3 Å². The van der Waals surface area contributed by atoms with Crippen molar-refractivity contribution in [3.8, 4) is 11.5 Å². The normalized spacial score (nSPS) is 46.4. The zero-order chi connectivity index (χ0) is 20.6.